The maximum Gasteiger partial charge on any atom is 0.115 e. The number of aromatic hydroxyl groups is 1. The average molecular weight is 231 g/mol. The lowest BCUT2D eigenvalue weighted by Crippen LogP contribution is -2.34. The second kappa shape index (κ2) is 4.69. The number of piperidine rings is 1. The van der Waals surface area contributed by atoms with Gasteiger partial charge in [0.05, 0.1) is 0 Å². The van der Waals surface area contributed by atoms with Gasteiger partial charge >= 0.3 is 0 Å². The van der Waals surface area contributed by atoms with Crippen LogP contribution >= 0.6 is 0 Å². The van der Waals surface area contributed by atoms with E-state index in [0.717, 1.165) is 12.3 Å². The zero-order valence-corrected chi connectivity index (χ0v) is 10.4. The van der Waals surface area contributed by atoms with E-state index in [2.05, 4.69) is 11.0 Å². The van der Waals surface area contributed by atoms with E-state index in [9.17, 15) is 5.11 Å². The summed E-state index contributed by atoms with van der Waals surface area (Å²) in [6.07, 6.45) is 6.52. The standard InChI is InChI=1S/C15H21NO/c17-15-5-4-13-8-12(9-14(13)10-15)11-16-6-2-1-3-7-16/h4-5,10,12,17H,1-3,6-9,11H2. The van der Waals surface area contributed by atoms with Crippen LogP contribution < -0.4 is 0 Å². The zero-order chi connectivity index (χ0) is 11.7. The third-order valence-corrected chi connectivity index (χ3v) is 4.17. The summed E-state index contributed by atoms with van der Waals surface area (Å²) in [4.78, 5) is 2.62. The molecule has 2 nitrogen and oxygen atoms in total. The van der Waals surface area contributed by atoms with Crippen molar-refractivity contribution >= 4 is 0 Å². The first kappa shape index (κ1) is 11.1. The Kier molecular flexibility index (Phi) is 3.06. The van der Waals surface area contributed by atoms with Crippen LogP contribution in [0.5, 0.6) is 5.75 Å². The minimum atomic E-state index is 0.419. The Labute approximate surface area is 103 Å². The van der Waals surface area contributed by atoms with Gasteiger partial charge < -0.3 is 10.0 Å². The van der Waals surface area contributed by atoms with Gasteiger partial charge in [-0.1, -0.05) is 12.5 Å². The Morgan fingerprint density at radius 3 is 2.65 bits per heavy atom. The molecule has 1 N–H and O–H groups in total. The highest BCUT2D eigenvalue weighted by atomic mass is 16.3. The van der Waals surface area contributed by atoms with E-state index in [-0.39, 0.29) is 0 Å². The van der Waals surface area contributed by atoms with Gasteiger partial charge in [0.1, 0.15) is 5.75 Å². The van der Waals surface area contributed by atoms with Gasteiger partial charge in [-0.05, 0) is 68.0 Å². The van der Waals surface area contributed by atoms with Crippen molar-refractivity contribution in [3.63, 3.8) is 0 Å². The molecule has 92 valence electrons. The normalized spacial score (nSPS) is 24.8. The molecule has 0 spiro atoms. The summed E-state index contributed by atoms with van der Waals surface area (Å²) in [7, 11) is 0. The van der Waals surface area contributed by atoms with Crippen LogP contribution in [0.25, 0.3) is 0 Å². The van der Waals surface area contributed by atoms with Gasteiger partial charge in [0.15, 0.2) is 0 Å². The van der Waals surface area contributed by atoms with Crippen molar-refractivity contribution in [2.45, 2.75) is 32.1 Å². The van der Waals surface area contributed by atoms with Crippen LogP contribution in [0.1, 0.15) is 30.4 Å². The molecule has 0 amide bonds. The van der Waals surface area contributed by atoms with Crippen molar-refractivity contribution in [1.29, 1.82) is 0 Å². The number of benzene rings is 1. The van der Waals surface area contributed by atoms with Gasteiger partial charge in [0, 0.05) is 6.54 Å². The molecular weight excluding hydrogens is 210 g/mol. The molecule has 0 radical (unpaired) electrons. The quantitative estimate of drug-likeness (QED) is 0.845. The number of rotatable bonds is 2. The maximum absolute atomic E-state index is 9.49. The van der Waals surface area contributed by atoms with E-state index in [1.165, 1.54) is 56.4 Å². The number of nitrogens with zero attached hydrogens (tertiary/aromatic N) is 1. The SMILES string of the molecule is Oc1ccc2c(c1)CC(CN1CCCCC1)C2. The highest BCUT2D eigenvalue weighted by Gasteiger charge is 2.24. The molecular formula is C15H21NO. The summed E-state index contributed by atoms with van der Waals surface area (Å²) < 4.78 is 0. The number of likely N-dealkylation sites (tertiary alicyclic amines) is 1. The first-order valence-electron chi connectivity index (χ1n) is 6.84. The summed E-state index contributed by atoms with van der Waals surface area (Å²) in [5.41, 5.74) is 2.82. The lowest BCUT2D eigenvalue weighted by atomic mass is 10.0. The second-order valence-corrected chi connectivity index (χ2v) is 5.59. The van der Waals surface area contributed by atoms with E-state index in [1.54, 1.807) is 0 Å². The van der Waals surface area contributed by atoms with Crippen LogP contribution in [0.15, 0.2) is 18.2 Å². The molecule has 1 saturated heterocycles. The van der Waals surface area contributed by atoms with E-state index < -0.39 is 0 Å². The van der Waals surface area contributed by atoms with Crippen molar-refractivity contribution in [3.05, 3.63) is 29.3 Å². The molecule has 17 heavy (non-hydrogen) atoms. The van der Waals surface area contributed by atoms with Gasteiger partial charge in [0.2, 0.25) is 0 Å². The van der Waals surface area contributed by atoms with Crippen molar-refractivity contribution in [3.8, 4) is 5.75 Å². The zero-order valence-electron chi connectivity index (χ0n) is 10.4. The summed E-state index contributed by atoms with van der Waals surface area (Å²) in [5.74, 6) is 1.19. The highest BCUT2D eigenvalue weighted by molar-refractivity contribution is 5.38. The number of phenolic OH excluding ortho intramolecular Hbond substituents is 1. The minimum Gasteiger partial charge on any atom is -0.508 e. The highest BCUT2D eigenvalue weighted by Crippen LogP contribution is 2.30. The van der Waals surface area contributed by atoms with Crippen molar-refractivity contribution < 1.29 is 5.11 Å². The molecule has 1 fully saturated rings. The molecule has 1 aliphatic heterocycles. The second-order valence-electron chi connectivity index (χ2n) is 5.59. The number of phenols is 1. The fourth-order valence-electron chi connectivity index (χ4n) is 3.33. The first-order valence-corrected chi connectivity index (χ1v) is 6.84. The molecule has 3 rings (SSSR count). The molecule has 1 unspecified atom stereocenters. The third kappa shape index (κ3) is 2.47. The predicted octanol–water partition coefficient (Wildman–Crippen LogP) is 2.59. The fourth-order valence-corrected chi connectivity index (χ4v) is 3.33. The van der Waals surface area contributed by atoms with Crippen LogP contribution in [0.3, 0.4) is 0 Å². The van der Waals surface area contributed by atoms with Gasteiger partial charge in [-0.25, -0.2) is 0 Å². The van der Waals surface area contributed by atoms with Crippen LogP contribution in [0.4, 0.5) is 0 Å². The lowest BCUT2D eigenvalue weighted by molar-refractivity contribution is 0.198. The number of hydrogen-bond donors (Lipinski definition) is 1. The average Bonchev–Trinajstić information content (AvgIpc) is 2.71. The number of fused-ring (bicyclic) bond motifs is 1. The monoisotopic (exact) mass is 231 g/mol. The van der Waals surface area contributed by atoms with E-state index >= 15 is 0 Å². The minimum absolute atomic E-state index is 0.419. The molecule has 1 aromatic rings. The molecule has 1 heterocycles. The van der Waals surface area contributed by atoms with E-state index in [1.807, 2.05) is 12.1 Å². The molecule has 1 aromatic carbocycles. The summed E-state index contributed by atoms with van der Waals surface area (Å²) in [6.45, 7) is 3.83. The fraction of sp³-hybridized carbons (Fsp3) is 0.600. The van der Waals surface area contributed by atoms with Crippen LogP contribution in [-0.4, -0.2) is 29.6 Å². The van der Waals surface area contributed by atoms with Crippen LogP contribution in [0, 0.1) is 5.92 Å². The third-order valence-electron chi connectivity index (χ3n) is 4.17. The lowest BCUT2D eigenvalue weighted by Gasteiger charge is -2.28. The largest absolute Gasteiger partial charge is 0.508 e. The first-order chi connectivity index (χ1) is 8.31. The molecule has 2 heteroatoms. The van der Waals surface area contributed by atoms with Crippen molar-refractivity contribution in [2.24, 2.45) is 5.92 Å². The van der Waals surface area contributed by atoms with E-state index in [4.69, 9.17) is 0 Å². The molecule has 0 aromatic heterocycles. The Hall–Kier alpha value is -1.02. The maximum atomic E-state index is 9.49. The van der Waals surface area contributed by atoms with Crippen LogP contribution in [0.2, 0.25) is 0 Å². The summed E-state index contributed by atoms with van der Waals surface area (Å²) in [6, 6.07) is 5.87. The Morgan fingerprint density at radius 1 is 1.06 bits per heavy atom. The summed E-state index contributed by atoms with van der Waals surface area (Å²) >= 11 is 0. The van der Waals surface area contributed by atoms with Gasteiger partial charge in [0.25, 0.3) is 0 Å². The van der Waals surface area contributed by atoms with Crippen molar-refractivity contribution in [2.75, 3.05) is 19.6 Å². The molecule has 1 atom stereocenters. The molecule has 2 aliphatic rings. The Bertz CT molecular complexity index is 396. The Balaban J connectivity index is 1.61. The molecule has 0 bridgehead atoms. The molecule has 1 aliphatic carbocycles. The summed E-state index contributed by atoms with van der Waals surface area (Å²) in [5, 5.41) is 9.49. The number of hydrogen-bond acceptors (Lipinski definition) is 2. The van der Waals surface area contributed by atoms with E-state index in [0.29, 0.717) is 5.75 Å². The smallest absolute Gasteiger partial charge is 0.115 e. The van der Waals surface area contributed by atoms with Crippen LogP contribution in [-0.2, 0) is 12.8 Å². The topological polar surface area (TPSA) is 23.5 Å². The van der Waals surface area contributed by atoms with Gasteiger partial charge in [-0.3, -0.25) is 0 Å². The Morgan fingerprint density at radius 2 is 1.82 bits per heavy atom. The van der Waals surface area contributed by atoms with Gasteiger partial charge in [-0.2, -0.15) is 0 Å². The molecule has 0 saturated carbocycles. The van der Waals surface area contributed by atoms with Gasteiger partial charge in [-0.15, -0.1) is 0 Å². The predicted molar refractivity (Wildman–Crippen MR) is 69.3 cm³/mol. The van der Waals surface area contributed by atoms with Crippen molar-refractivity contribution in [1.82, 2.24) is 4.90 Å².